The SMILES string of the molecule is Cn1c(O)c(C=N[C@@H]2C[C@H]3CC[C@@]2(C)C3(C)C)c(=O)[nH]c1=O. The number of nitrogens with one attached hydrogen (secondary N) is 1. The summed E-state index contributed by atoms with van der Waals surface area (Å²) >= 11 is 0. The molecule has 0 radical (unpaired) electrons. The lowest BCUT2D eigenvalue weighted by Gasteiger charge is -2.37. The first kappa shape index (κ1) is 15.1. The Kier molecular flexibility index (Phi) is 3.13. The zero-order valence-electron chi connectivity index (χ0n) is 13.5. The van der Waals surface area contributed by atoms with Crippen LogP contribution in [0.3, 0.4) is 0 Å². The Labute approximate surface area is 128 Å². The molecule has 0 unspecified atom stereocenters. The summed E-state index contributed by atoms with van der Waals surface area (Å²) in [5.74, 6) is 0.316. The van der Waals surface area contributed by atoms with E-state index in [1.54, 1.807) is 0 Å². The van der Waals surface area contributed by atoms with E-state index in [2.05, 4.69) is 30.7 Å². The lowest BCUT2D eigenvalue weighted by Crippen LogP contribution is -2.35. The zero-order chi connectivity index (χ0) is 16.3. The lowest BCUT2D eigenvalue weighted by molar-refractivity contribution is 0.137. The molecule has 6 nitrogen and oxygen atoms in total. The van der Waals surface area contributed by atoms with Crippen LogP contribution < -0.4 is 11.2 Å². The third kappa shape index (κ3) is 1.82. The largest absolute Gasteiger partial charge is 0.494 e. The van der Waals surface area contributed by atoms with Crippen molar-refractivity contribution < 1.29 is 5.11 Å². The first-order chi connectivity index (χ1) is 10.2. The molecular weight excluding hydrogens is 282 g/mol. The molecule has 120 valence electrons. The van der Waals surface area contributed by atoms with E-state index < -0.39 is 11.2 Å². The third-order valence-corrected chi connectivity index (χ3v) is 6.46. The molecule has 1 aromatic heterocycles. The highest BCUT2D eigenvalue weighted by atomic mass is 16.3. The molecule has 3 atom stereocenters. The Balaban J connectivity index is 1.96. The normalized spacial score (nSPS) is 32.9. The van der Waals surface area contributed by atoms with Gasteiger partial charge >= 0.3 is 5.69 Å². The number of aromatic hydroxyl groups is 1. The van der Waals surface area contributed by atoms with Crippen LogP contribution in [0.25, 0.3) is 0 Å². The van der Waals surface area contributed by atoms with Crippen LogP contribution in [-0.2, 0) is 7.05 Å². The second-order valence-corrected chi connectivity index (χ2v) is 7.46. The summed E-state index contributed by atoms with van der Waals surface area (Å²) in [7, 11) is 1.41. The standard InChI is InChI=1S/C16H23N3O3/c1-15(2)9-5-6-16(15,3)11(7-9)17-8-10-12(20)18-14(22)19(4)13(10)21/h8-9,11,21H,5-7H2,1-4H3,(H,18,20,22)/t9-,11-,16-/m1/s1. The molecule has 2 bridgehead atoms. The van der Waals surface area contributed by atoms with Crippen LogP contribution in [0.5, 0.6) is 5.88 Å². The summed E-state index contributed by atoms with van der Waals surface area (Å²) in [4.78, 5) is 30.1. The highest BCUT2D eigenvalue weighted by molar-refractivity contribution is 5.82. The van der Waals surface area contributed by atoms with Crippen LogP contribution in [-0.4, -0.2) is 26.9 Å². The summed E-state index contributed by atoms with van der Waals surface area (Å²) in [5.41, 5.74) is -0.819. The van der Waals surface area contributed by atoms with Crippen molar-refractivity contribution >= 4 is 6.21 Å². The first-order valence-corrected chi connectivity index (χ1v) is 7.74. The van der Waals surface area contributed by atoms with Gasteiger partial charge in [-0.1, -0.05) is 20.8 Å². The Morgan fingerprint density at radius 2 is 2.05 bits per heavy atom. The van der Waals surface area contributed by atoms with Crippen LogP contribution in [0.4, 0.5) is 0 Å². The monoisotopic (exact) mass is 305 g/mol. The number of aromatic nitrogens is 2. The molecular formula is C16H23N3O3. The minimum atomic E-state index is -0.632. The summed E-state index contributed by atoms with van der Waals surface area (Å²) in [6.07, 6.45) is 4.83. The van der Waals surface area contributed by atoms with Crippen molar-refractivity contribution in [3.8, 4) is 5.88 Å². The van der Waals surface area contributed by atoms with Gasteiger partial charge in [0.15, 0.2) is 0 Å². The lowest BCUT2D eigenvalue weighted by atomic mass is 9.69. The van der Waals surface area contributed by atoms with Crippen LogP contribution in [0.15, 0.2) is 14.6 Å². The van der Waals surface area contributed by atoms with E-state index in [9.17, 15) is 14.7 Å². The first-order valence-electron chi connectivity index (χ1n) is 7.74. The average Bonchev–Trinajstić information content (AvgIpc) is 2.78. The summed E-state index contributed by atoms with van der Waals surface area (Å²) in [6, 6.07) is 0.150. The molecule has 0 aromatic carbocycles. The Morgan fingerprint density at radius 1 is 1.36 bits per heavy atom. The highest BCUT2D eigenvalue weighted by Crippen LogP contribution is 2.66. The Bertz CT molecular complexity index is 759. The Morgan fingerprint density at radius 3 is 2.59 bits per heavy atom. The third-order valence-electron chi connectivity index (χ3n) is 6.46. The number of hydrogen-bond acceptors (Lipinski definition) is 4. The van der Waals surface area contributed by atoms with E-state index in [0.717, 1.165) is 17.4 Å². The maximum absolute atomic E-state index is 11.9. The summed E-state index contributed by atoms with van der Waals surface area (Å²) < 4.78 is 1.01. The van der Waals surface area contributed by atoms with Crippen molar-refractivity contribution in [2.45, 2.75) is 46.1 Å². The second kappa shape index (κ2) is 4.57. The number of nitrogens with zero attached hydrogens (tertiary/aromatic N) is 2. The van der Waals surface area contributed by atoms with E-state index in [1.807, 2.05) is 0 Å². The average molecular weight is 305 g/mol. The van der Waals surface area contributed by atoms with Crippen LogP contribution in [0, 0.1) is 16.7 Å². The van der Waals surface area contributed by atoms with E-state index in [-0.39, 0.29) is 28.3 Å². The number of rotatable bonds is 2. The minimum Gasteiger partial charge on any atom is -0.494 e. The molecule has 2 N–H and O–H groups in total. The predicted molar refractivity (Wildman–Crippen MR) is 84.6 cm³/mol. The molecule has 2 fully saturated rings. The van der Waals surface area contributed by atoms with Gasteiger partial charge in [0, 0.05) is 13.3 Å². The molecule has 0 amide bonds. The molecule has 22 heavy (non-hydrogen) atoms. The van der Waals surface area contributed by atoms with Crippen LogP contribution in [0.2, 0.25) is 0 Å². The van der Waals surface area contributed by atoms with E-state index in [0.29, 0.717) is 5.92 Å². The Hall–Kier alpha value is -1.85. The van der Waals surface area contributed by atoms with Crippen molar-refractivity contribution in [3.05, 3.63) is 26.4 Å². The topological polar surface area (TPSA) is 87.4 Å². The van der Waals surface area contributed by atoms with Crippen molar-refractivity contribution in [2.24, 2.45) is 28.8 Å². The number of aliphatic imine (C=N–C) groups is 1. The van der Waals surface area contributed by atoms with Gasteiger partial charge in [-0.3, -0.25) is 19.3 Å². The van der Waals surface area contributed by atoms with Gasteiger partial charge in [-0.05, 0) is 36.0 Å². The van der Waals surface area contributed by atoms with Gasteiger partial charge in [0.05, 0.1) is 6.04 Å². The fourth-order valence-corrected chi connectivity index (χ4v) is 4.29. The highest BCUT2D eigenvalue weighted by Gasteiger charge is 2.61. The van der Waals surface area contributed by atoms with Gasteiger partial charge in [-0.2, -0.15) is 0 Å². The van der Waals surface area contributed by atoms with Gasteiger partial charge < -0.3 is 5.11 Å². The molecule has 1 aromatic rings. The van der Waals surface area contributed by atoms with Crippen molar-refractivity contribution in [2.75, 3.05) is 0 Å². The number of aromatic amines is 1. The predicted octanol–water partition coefficient (Wildman–Crippen LogP) is 1.41. The molecule has 0 spiro atoms. The van der Waals surface area contributed by atoms with Crippen molar-refractivity contribution in [3.63, 3.8) is 0 Å². The molecule has 0 saturated heterocycles. The maximum Gasteiger partial charge on any atom is 0.330 e. The molecule has 2 saturated carbocycles. The fraction of sp³-hybridized carbons (Fsp3) is 0.688. The number of H-pyrrole nitrogens is 1. The molecule has 2 aliphatic carbocycles. The molecule has 1 heterocycles. The van der Waals surface area contributed by atoms with Gasteiger partial charge in [-0.15, -0.1) is 0 Å². The van der Waals surface area contributed by atoms with Crippen molar-refractivity contribution in [1.29, 1.82) is 0 Å². The number of fused-ring (bicyclic) bond motifs is 2. The quantitative estimate of drug-likeness (QED) is 0.810. The van der Waals surface area contributed by atoms with E-state index in [1.165, 1.54) is 19.7 Å². The van der Waals surface area contributed by atoms with Gasteiger partial charge in [0.1, 0.15) is 5.56 Å². The second-order valence-electron chi connectivity index (χ2n) is 7.46. The molecule has 2 aliphatic rings. The summed E-state index contributed by atoms with van der Waals surface area (Å²) in [5, 5.41) is 9.98. The van der Waals surface area contributed by atoms with Gasteiger partial charge in [0.2, 0.25) is 5.88 Å². The minimum absolute atomic E-state index is 0.0475. The molecule has 6 heteroatoms. The van der Waals surface area contributed by atoms with Crippen molar-refractivity contribution in [1.82, 2.24) is 9.55 Å². The molecule has 0 aliphatic heterocycles. The smallest absolute Gasteiger partial charge is 0.330 e. The molecule has 3 rings (SSSR count). The van der Waals surface area contributed by atoms with Gasteiger partial charge in [-0.25, -0.2) is 4.79 Å². The van der Waals surface area contributed by atoms with E-state index >= 15 is 0 Å². The van der Waals surface area contributed by atoms with Crippen LogP contribution >= 0.6 is 0 Å². The zero-order valence-corrected chi connectivity index (χ0v) is 13.5. The maximum atomic E-state index is 11.9. The van der Waals surface area contributed by atoms with Gasteiger partial charge in [0.25, 0.3) is 5.56 Å². The fourth-order valence-electron chi connectivity index (χ4n) is 4.29. The summed E-state index contributed by atoms with van der Waals surface area (Å²) in [6.45, 7) is 6.88. The van der Waals surface area contributed by atoms with E-state index in [4.69, 9.17) is 0 Å². The number of hydrogen-bond donors (Lipinski definition) is 2. The van der Waals surface area contributed by atoms with Crippen LogP contribution in [0.1, 0.15) is 45.6 Å².